The van der Waals surface area contributed by atoms with Crippen LogP contribution >= 0.6 is 23.2 Å². The van der Waals surface area contributed by atoms with Crippen LogP contribution < -0.4 is 10.6 Å². The van der Waals surface area contributed by atoms with E-state index in [-0.39, 0.29) is 6.42 Å². The zero-order valence-electron chi connectivity index (χ0n) is 17.9. The Hall–Kier alpha value is -2.84. The van der Waals surface area contributed by atoms with Crippen molar-refractivity contribution in [3.05, 3.63) is 87.2 Å². The first-order valence-electron chi connectivity index (χ1n) is 10.8. The summed E-state index contributed by atoms with van der Waals surface area (Å²) in [6.45, 7) is 0. The number of carbonyl (C=O) groups excluding carboxylic acids is 2. The van der Waals surface area contributed by atoms with Gasteiger partial charge in [-0.2, -0.15) is 13.2 Å². The molecule has 35 heavy (non-hydrogen) atoms. The normalized spacial score (nSPS) is 27.9. The molecule has 0 saturated carbocycles. The van der Waals surface area contributed by atoms with E-state index in [0.717, 1.165) is 6.07 Å². The minimum Gasteiger partial charge on any atom is -0.348 e. The first-order valence-corrected chi connectivity index (χ1v) is 11.6. The Morgan fingerprint density at radius 2 is 1.80 bits per heavy atom. The summed E-state index contributed by atoms with van der Waals surface area (Å²) in [6, 6.07) is 5.19. The van der Waals surface area contributed by atoms with Crippen molar-refractivity contribution in [1.29, 1.82) is 0 Å². The number of amides is 2. The Morgan fingerprint density at radius 3 is 2.51 bits per heavy atom. The van der Waals surface area contributed by atoms with Gasteiger partial charge in [0.2, 0.25) is 11.8 Å². The van der Waals surface area contributed by atoms with Gasteiger partial charge in [-0.05, 0) is 65.8 Å². The molecule has 3 aliphatic rings. The van der Waals surface area contributed by atoms with E-state index in [2.05, 4.69) is 10.6 Å². The van der Waals surface area contributed by atoms with Gasteiger partial charge >= 0.3 is 6.18 Å². The number of alkyl halides is 3. The van der Waals surface area contributed by atoms with Gasteiger partial charge in [0.05, 0.1) is 11.6 Å². The monoisotopic (exact) mass is 524 g/mol. The predicted molar refractivity (Wildman–Crippen MR) is 123 cm³/mol. The predicted octanol–water partition coefficient (Wildman–Crippen LogP) is 6.26. The molecule has 1 fully saturated rings. The number of hydrogen-bond donors (Lipinski definition) is 2. The van der Waals surface area contributed by atoms with Gasteiger partial charge in [-0.1, -0.05) is 41.4 Å². The second-order valence-corrected chi connectivity index (χ2v) is 9.84. The lowest BCUT2D eigenvalue weighted by Crippen LogP contribution is -2.59. The third-order valence-electron chi connectivity index (χ3n) is 7.01. The number of halogens is 6. The molecule has 2 aromatic rings. The van der Waals surface area contributed by atoms with Crippen molar-refractivity contribution in [3.8, 4) is 0 Å². The molecule has 2 aromatic carbocycles. The molecule has 0 aromatic heterocycles. The molecule has 4 atom stereocenters. The quantitative estimate of drug-likeness (QED) is 0.455. The van der Waals surface area contributed by atoms with Crippen molar-refractivity contribution in [3.63, 3.8) is 0 Å². The largest absolute Gasteiger partial charge is 0.416 e. The number of piperidine rings is 1. The van der Waals surface area contributed by atoms with Crippen molar-refractivity contribution >= 4 is 40.7 Å². The summed E-state index contributed by atoms with van der Waals surface area (Å²) in [4.78, 5) is 26.8. The maximum atomic E-state index is 14.4. The molecule has 1 unspecified atom stereocenters. The van der Waals surface area contributed by atoms with Gasteiger partial charge in [-0.25, -0.2) is 4.39 Å². The molecule has 1 aliphatic carbocycles. The molecule has 2 aliphatic heterocycles. The van der Waals surface area contributed by atoms with Crippen molar-refractivity contribution in [2.45, 2.75) is 30.5 Å². The van der Waals surface area contributed by atoms with Gasteiger partial charge in [0, 0.05) is 22.2 Å². The smallest absolute Gasteiger partial charge is 0.348 e. The van der Waals surface area contributed by atoms with Gasteiger partial charge in [-0.15, -0.1) is 0 Å². The molecule has 2 N–H and O–H groups in total. The highest BCUT2D eigenvalue weighted by Crippen LogP contribution is 2.58. The number of hydrogen-bond acceptors (Lipinski definition) is 2. The fourth-order valence-electron chi connectivity index (χ4n) is 5.67. The summed E-state index contributed by atoms with van der Waals surface area (Å²) < 4.78 is 56.6. The molecule has 1 spiro atoms. The van der Waals surface area contributed by atoms with Crippen LogP contribution in [0.15, 0.2) is 59.7 Å². The first kappa shape index (κ1) is 23.9. The van der Waals surface area contributed by atoms with Gasteiger partial charge in [-0.3, -0.25) is 9.59 Å². The first-order chi connectivity index (χ1) is 16.5. The molecule has 1 saturated heterocycles. The van der Waals surface area contributed by atoms with E-state index in [1.165, 1.54) is 12.1 Å². The van der Waals surface area contributed by atoms with Crippen LogP contribution in [0.25, 0.3) is 0 Å². The number of benzene rings is 2. The Labute approximate surface area is 208 Å². The van der Waals surface area contributed by atoms with Crippen molar-refractivity contribution in [2.24, 2.45) is 11.8 Å². The summed E-state index contributed by atoms with van der Waals surface area (Å²) >= 11 is 12.4. The highest BCUT2D eigenvalue weighted by Gasteiger charge is 2.63. The maximum Gasteiger partial charge on any atom is 0.416 e. The molecule has 2 heterocycles. The second-order valence-electron chi connectivity index (χ2n) is 8.92. The van der Waals surface area contributed by atoms with E-state index in [0.29, 0.717) is 39.9 Å². The lowest BCUT2D eigenvalue weighted by Gasteiger charge is -2.49. The van der Waals surface area contributed by atoms with Gasteiger partial charge in [0.1, 0.15) is 11.2 Å². The molecule has 0 radical (unpaired) electrons. The molecule has 5 rings (SSSR count). The molecule has 10 heteroatoms. The van der Waals surface area contributed by atoms with E-state index in [9.17, 15) is 27.2 Å². The fraction of sp³-hybridized carbons (Fsp3) is 0.280. The lowest BCUT2D eigenvalue weighted by atomic mass is 9.56. The van der Waals surface area contributed by atoms with Crippen LogP contribution in [0, 0.1) is 17.7 Å². The molecular formula is C25H18Cl2F4N2O2. The number of rotatable bonds is 2. The average molecular weight is 525 g/mol. The zero-order chi connectivity index (χ0) is 25.1. The van der Waals surface area contributed by atoms with Crippen LogP contribution in [-0.4, -0.2) is 11.8 Å². The third-order valence-corrected chi connectivity index (χ3v) is 7.53. The summed E-state index contributed by atoms with van der Waals surface area (Å²) in [5, 5.41) is 6.16. The minimum atomic E-state index is -4.85. The summed E-state index contributed by atoms with van der Waals surface area (Å²) in [5.74, 6) is -3.26. The zero-order valence-corrected chi connectivity index (χ0v) is 19.4. The summed E-state index contributed by atoms with van der Waals surface area (Å²) in [7, 11) is 0. The summed E-state index contributed by atoms with van der Waals surface area (Å²) in [6.07, 6.45) is 0.492. The van der Waals surface area contributed by atoms with Gasteiger partial charge in [0.25, 0.3) is 0 Å². The van der Waals surface area contributed by atoms with E-state index in [1.54, 1.807) is 24.3 Å². The van der Waals surface area contributed by atoms with Crippen LogP contribution in [0.5, 0.6) is 0 Å². The highest BCUT2D eigenvalue weighted by atomic mass is 35.5. The molecule has 0 bridgehead atoms. The number of fused-ring (bicyclic) bond motifs is 2. The molecule has 2 amide bonds. The van der Waals surface area contributed by atoms with E-state index in [1.807, 2.05) is 0 Å². The Morgan fingerprint density at radius 1 is 1.03 bits per heavy atom. The lowest BCUT2D eigenvalue weighted by molar-refractivity contribution is -0.142. The van der Waals surface area contributed by atoms with Crippen molar-refractivity contribution in [1.82, 2.24) is 5.32 Å². The minimum absolute atomic E-state index is 0.137. The SMILES string of the molecule is O=C1C[C@@H](C2C=CC=C(Cl)C2)[C@]2(C(=O)Nc3cc(Cl)ccc32)[C@H](c2cc(F)ccc2C(F)(F)F)N1. The van der Waals surface area contributed by atoms with E-state index < -0.39 is 58.2 Å². The second kappa shape index (κ2) is 8.38. The Bertz CT molecular complexity index is 1310. The average Bonchev–Trinajstić information content (AvgIpc) is 3.05. The van der Waals surface area contributed by atoms with Crippen LogP contribution in [-0.2, 0) is 21.2 Å². The highest BCUT2D eigenvalue weighted by molar-refractivity contribution is 6.31. The van der Waals surface area contributed by atoms with E-state index in [4.69, 9.17) is 23.2 Å². The topological polar surface area (TPSA) is 58.2 Å². The Kier molecular flexibility index (Phi) is 5.72. The molecule has 182 valence electrons. The van der Waals surface area contributed by atoms with Crippen LogP contribution in [0.1, 0.15) is 35.6 Å². The third kappa shape index (κ3) is 3.83. The molecular weight excluding hydrogens is 507 g/mol. The maximum absolute atomic E-state index is 14.4. The number of nitrogens with one attached hydrogen (secondary N) is 2. The van der Waals surface area contributed by atoms with Crippen LogP contribution in [0.2, 0.25) is 5.02 Å². The molecule has 4 nitrogen and oxygen atoms in total. The van der Waals surface area contributed by atoms with Crippen molar-refractivity contribution < 1.29 is 27.2 Å². The number of anilines is 1. The fourth-order valence-corrected chi connectivity index (χ4v) is 6.10. The van der Waals surface area contributed by atoms with Crippen molar-refractivity contribution in [2.75, 3.05) is 5.32 Å². The number of carbonyl (C=O) groups is 2. The van der Waals surface area contributed by atoms with Gasteiger partial charge < -0.3 is 10.6 Å². The standard InChI is InChI=1S/C25H18Cl2F4N2O2/c26-13-3-1-2-12(8-13)19-11-21(34)33-22(16-10-15(28)5-7-17(16)25(29,30)31)24(19)18-6-4-14(27)9-20(18)32-23(24)35/h1-7,9-10,12,19,22H,8,11H2,(H,32,35)(H,33,34)/t12?,19-,22-,24-/m0/s1. The van der Waals surface area contributed by atoms with Crippen LogP contribution in [0.3, 0.4) is 0 Å². The summed E-state index contributed by atoms with van der Waals surface area (Å²) in [5.41, 5.74) is -2.60. The number of allylic oxidation sites excluding steroid dienone is 4. The van der Waals surface area contributed by atoms with Gasteiger partial charge in [0.15, 0.2) is 0 Å². The Balaban J connectivity index is 1.81. The van der Waals surface area contributed by atoms with E-state index >= 15 is 0 Å². The van der Waals surface area contributed by atoms with Crippen LogP contribution in [0.4, 0.5) is 23.2 Å².